The molecule has 0 aliphatic heterocycles. The number of halogens is 1. The minimum Gasteiger partial charge on any atom is -0.329 e. The average molecular weight is 224 g/mol. The van der Waals surface area contributed by atoms with Crippen LogP contribution in [0.1, 0.15) is 33.6 Å². The van der Waals surface area contributed by atoms with Crippen molar-refractivity contribution in [3.63, 3.8) is 0 Å². The zero-order chi connectivity index (χ0) is 9.33. The fourth-order valence-electron chi connectivity index (χ4n) is 0.118. The van der Waals surface area contributed by atoms with Crippen LogP contribution in [0.2, 0.25) is 0 Å². The predicted octanol–water partition coefficient (Wildman–Crippen LogP) is 2.10. The highest BCUT2D eigenvalue weighted by atomic mass is 79.9. The van der Waals surface area contributed by atoms with Gasteiger partial charge in [-0.25, -0.2) is 0 Å². The van der Waals surface area contributed by atoms with E-state index in [1.165, 1.54) is 0 Å². The van der Waals surface area contributed by atoms with Crippen molar-refractivity contribution in [1.82, 2.24) is 0 Å². The molecule has 0 aliphatic carbocycles. The maximum Gasteiger partial charge on any atom is 0.119 e. The van der Waals surface area contributed by atoms with Crippen molar-refractivity contribution in [2.24, 2.45) is 5.73 Å². The van der Waals surface area contributed by atoms with Gasteiger partial charge in [0.1, 0.15) is 6.29 Å². The monoisotopic (exact) mass is 223 g/mol. The van der Waals surface area contributed by atoms with Crippen LogP contribution in [0.5, 0.6) is 0 Å². The zero-order valence-corrected chi connectivity index (χ0v) is 9.15. The van der Waals surface area contributed by atoms with E-state index in [2.05, 4.69) is 15.9 Å². The van der Waals surface area contributed by atoms with Crippen LogP contribution in [-0.4, -0.2) is 17.2 Å². The third-order valence-electron chi connectivity index (χ3n) is 0.892. The minimum atomic E-state index is 0.132. The van der Waals surface area contributed by atoms with Crippen LogP contribution in [0.4, 0.5) is 0 Å². The summed E-state index contributed by atoms with van der Waals surface area (Å²) in [7, 11) is 0. The summed E-state index contributed by atoms with van der Waals surface area (Å²) in [5, 5.41) is 0. The van der Waals surface area contributed by atoms with Gasteiger partial charge in [-0.15, -0.1) is 0 Å². The summed E-state index contributed by atoms with van der Waals surface area (Å²) in [5.41, 5.74) is 5.26. The summed E-state index contributed by atoms with van der Waals surface area (Å²) in [6.45, 7) is 6.74. The molecule has 68 valence electrons. The molecule has 0 rings (SSSR count). The van der Waals surface area contributed by atoms with Gasteiger partial charge in [0.05, 0.1) is 0 Å². The first-order valence-corrected chi connectivity index (χ1v) is 4.59. The van der Waals surface area contributed by atoms with Crippen LogP contribution in [0.15, 0.2) is 0 Å². The standard InChI is InChI=1S/C4H10BrN.C4H8O/c1-4(2,5)3-6;1-2-3-4-5/h3,6H2,1-2H3;4H,2-3H2,1H3. The lowest BCUT2D eigenvalue weighted by atomic mass is 10.2. The number of carbonyl (C=O) groups excluding carboxylic acids is 1. The fraction of sp³-hybridized carbons (Fsp3) is 0.875. The third kappa shape index (κ3) is 25.5. The summed E-state index contributed by atoms with van der Waals surface area (Å²) in [6.07, 6.45) is 2.61. The number of rotatable bonds is 3. The van der Waals surface area contributed by atoms with Crippen molar-refractivity contribution in [3.05, 3.63) is 0 Å². The van der Waals surface area contributed by atoms with E-state index >= 15 is 0 Å². The summed E-state index contributed by atoms with van der Waals surface area (Å²) >= 11 is 3.35. The molecule has 0 radical (unpaired) electrons. The highest BCUT2D eigenvalue weighted by Gasteiger charge is 2.06. The maximum atomic E-state index is 9.40. The lowest BCUT2D eigenvalue weighted by molar-refractivity contribution is -0.107. The SMILES string of the molecule is CC(C)(Br)CN.CCCC=O. The van der Waals surface area contributed by atoms with Gasteiger partial charge in [0.2, 0.25) is 0 Å². The van der Waals surface area contributed by atoms with Crippen LogP contribution in [0.25, 0.3) is 0 Å². The van der Waals surface area contributed by atoms with E-state index in [1.54, 1.807) is 0 Å². The molecule has 0 aromatic rings. The zero-order valence-electron chi connectivity index (χ0n) is 7.56. The van der Waals surface area contributed by atoms with Gasteiger partial charge in [0.15, 0.2) is 0 Å². The van der Waals surface area contributed by atoms with Crippen molar-refractivity contribution >= 4 is 22.2 Å². The molecule has 0 bridgehead atoms. The highest BCUT2D eigenvalue weighted by Crippen LogP contribution is 2.11. The summed E-state index contributed by atoms with van der Waals surface area (Å²) in [5.74, 6) is 0. The maximum absolute atomic E-state index is 9.40. The Kier molecular flexibility index (Phi) is 10.2. The summed E-state index contributed by atoms with van der Waals surface area (Å²) in [4.78, 5) is 9.40. The second-order valence-electron chi connectivity index (χ2n) is 2.88. The number of nitrogens with two attached hydrogens (primary N) is 1. The van der Waals surface area contributed by atoms with Crippen molar-refractivity contribution in [2.45, 2.75) is 37.9 Å². The second-order valence-corrected chi connectivity index (χ2v) is 5.02. The van der Waals surface area contributed by atoms with Crippen molar-refractivity contribution in [1.29, 1.82) is 0 Å². The summed E-state index contributed by atoms with van der Waals surface area (Å²) < 4.78 is 0.132. The molecule has 3 heteroatoms. The van der Waals surface area contributed by atoms with E-state index in [0.29, 0.717) is 13.0 Å². The molecular formula is C8H18BrNO. The number of hydrogen-bond donors (Lipinski definition) is 1. The number of unbranched alkanes of at least 4 members (excludes halogenated alkanes) is 1. The van der Waals surface area contributed by atoms with E-state index in [9.17, 15) is 4.79 Å². The van der Waals surface area contributed by atoms with Crippen LogP contribution in [0, 0.1) is 0 Å². The third-order valence-corrected chi connectivity index (χ3v) is 1.22. The van der Waals surface area contributed by atoms with E-state index in [1.807, 2.05) is 20.8 Å². The Bertz CT molecular complexity index is 88.6. The van der Waals surface area contributed by atoms with E-state index in [-0.39, 0.29) is 4.32 Å². The first kappa shape index (κ1) is 13.7. The molecule has 0 fully saturated rings. The first-order valence-electron chi connectivity index (χ1n) is 3.80. The normalized spacial score (nSPS) is 9.91. The lowest BCUT2D eigenvalue weighted by Crippen LogP contribution is -2.22. The van der Waals surface area contributed by atoms with Crippen LogP contribution < -0.4 is 5.73 Å². The smallest absolute Gasteiger partial charge is 0.119 e. The Morgan fingerprint density at radius 2 is 1.91 bits per heavy atom. The van der Waals surface area contributed by atoms with Gasteiger partial charge in [-0.3, -0.25) is 0 Å². The Hall–Kier alpha value is 0.110. The largest absolute Gasteiger partial charge is 0.329 e. The quantitative estimate of drug-likeness (QED) is 0.589. The van der Waals surface area contributed by atoms with Gasteiger partial charge < -0.3 is 10.5 Å². The number of alkyl halides is 1. The molecule has 0 aliphatic rings. The van der Waals surface area contributed by atoms with Gasteiger partial charge in [0.25, 0.3) is 0 Å². The molecular weight excluding hydrogens is 206 g/mol. The van der Waals surface area contributed by atoms with Crippen molar-refractivity contribution in [2.75, 3.05) is 6.54 Å². The molecule has 0 amide bonds. The van der Waals surface area contributed by atoms with Gasteiger partial charge in [-0.2, -0.15) is 0 Å². The Morgan fingerprint density at radius 1 is 1.55 bits per heavy atom. The lowest BCUT2D eigenvalue weighted by Gasteiger charge is -2.09. The molecule has 0 saturated heterocycles. The molecule has 11 heavy (non-hydrogen) atoms. The average Bonchev–Trinajstić information content (AvgIpc) is 1.90. The predicted molar refractivity (Wildman–Crippen MR) is 53.0 cm³/mol. The van der Waals surface area contributed by atoms with E-state index < -0.39 is 0 Å². The van der Waals surface area contributed by atoms with Gasteiger partial charge in [-0.05, 0) is 20.3 Å². The molecule has 0 saturated carbocycles. The Labute approximate surface area is 77.7 Å². The topological polar surface area (TPSA) is 43.1 Å². The molecule has 0 unspecified atom stereocenters. The fourth-order valence-corrected chi connectivity index (χ4v) is 0.118. The van der Waals surface area contributed by atoms with E-state index in [4.69, 9.17) is 5.73 Å². The van der Waals surface area contributed by atoms with Crippen LogP contribution in [0.3, 0.4) is 0 Å². The van der Waals surface area contributed by atoms with Gasteiger partial charge >= 0.3 is 0 Å². The molecule has 0 spiro atoms. The van der Waals surface area contributed by atoms with Crippen molar-refractivity contribution in [3.8, 4) is 0 Å². The van der Waals surface area contributed by atoms with Crippen LogP contribution >= 0.6 is 15.9 Å². The molecule has 0 heterocycles. The Morgan fingerprint density at radius 3 is 1.91 bits per heavy atom. The number of aldehydes is 1. The summed E-state index contributed by atoms with van der Waals surface area (Å²) in [6, 6.07) is 0. The molecule has 0 aromatic heterocycles. The number of hydrogen-bond acceptors (Lipinski definition) is 2. The first-order chi connectivity index (χ1) is 4.97. The number of carbonyl (C=O) groups is 1. The van der Waals surface area contributed by atoms with E-state index in [0.717, 1.165) is 12.7 Å². The molecule has 0 atom stereocenters. The molecule has 2 nitrogen and oxygen atoms in total. The Balaban J connectivity index is 0. The second kappa shape index (κ2) is 8.21. The van der Waals surface area contributed by atoms with Crippen molar-refractivity contribution < 1.29 is 4.79 Å². The molecule has 0 aromatic carbocycles. The highest BCUT2D eigenvalue weighted by molar-refractivity contribution is 9.10. The van der Waals surface area contributed by atoms with Gasteiger partial charge in [0, 0.05) is 17.3 Å². The minimum absolute atomic E-state index is 0.132. The van der Waals surface area contributed by atoms with Gasteiger partial charge in [-0.1, -0.05) is 22.9 Å². The van der Waals surface area contributed by atoms with Crippen LogP contribution in [-0.2, 0) is 4.79 Å². The molecule has 2 N–H and O–H groups in total.